The van der Waals surface area contributed by atoms with Gasteiger partial charge >= 0.3 is 0 Å². The fourth-order valence-corrected chi connectivity index (χ4v) is 3.50. The van der Waals surface area contributed by atoms with E-state index in [4.69, 9.17) is 5.73 Å². The molecule has 0 spiro atoms. The first-order valence-electron chi connectivity index (χ1n) is 7.88. The average molecular weight is 291 g/mol. The summed E-state index contributed by atoms with van der Waals surface area (Å²) in [7, 11) is 0. The second-order valence-electron chi connectivity index (χ2n) is 6.41. The van der Waals surface area contributed by atoms with Gasteiger partial charge in [0.1, 0.15) is 0 Å². The Balaban J connectivity index is 2.07. The number of carbonyl (C=O) groups is 1. The highest BCUT2D eigenvalue weighted by molar-refractivity contribution is 6.17. The molecule has 3 aromatic rings. The number of aromatic nitrogens is 1. The van der Waals surface area contributed by atoms with Crippen LogP contribution in [0.15, 0.2) is 30.3 Å². The number of hydrogen-bond acceptors (Lipinski definition) is 1. The van der Waals surface area contributed by atoms with Gasteiger partial charge in [0.05, 0.1) is 5.52 Å². The van der Waals surface area contributed by atoms with Crippen LogP contribution in [-0.4, -0.2) is 10.5 Å². The van der Waals surface area contributed by atoms with Crippen LogP contribution in [0, 0.1) is 18.9 Å². The standard InChI is InChI=1S/C19H19N2O/c1-12-8-9-14-17(10-12)21(11-13-4-2-5-13)16-7-3-6-15(18(14)16)19(20)22/h3,6-8,10,13H,2,4-5,11H2,1H3,(H2,20,22). The lowest BCUT2D eigenvalue weighted by Gasteiger charge is -2.26. The third-order valence-corrected chi connectivity index (χ3v) is 4.87. The first kappa shape index (κ1) is 13.4. The number of aryl methyl sites for hydroxylation is 1. The highest BCUT2D eigenvalue weighted by atomic mass is 16.1. The number of amides is 1. The van der Waals surface area contributed by atoms with Crippen LogP contribution in [0.5, 0.6) is 0 Å². The molecule has 1 amide bonds. The topological polar surface area (TPSA) is 48.0 Å². The second kappa shape index (κ2) is 4.87. The van der Waals surface area contributed by atoms with Gasteiger partial charge in [0.25, 0.3) is 0 Å². The van der Waals surface area contributed by atoms with E-state index >= 15 is 0 Å². The van der Waals surface area contributed by atoms with Crippen molar-refractivity contribution >= 4 is 27.7 Å². The van der Waals surface area contributed by atoms with E-state index in [1.807, 2.05) is 18.2 Å². The SMILES string of the molecule is Cc1c[c]c2c3c(C(N)=O)cccc3n(CC3CCC3)c2c1. The highest BCUT2D eigenvalue weighted by Crippen LogP contribution is 2.35. The van der Waals surface area contributed by atoms with Crippen molar-refractivity contribution in [2.75, 3.05) is 0 Å². The molecule has 1 aromatic heterocycles. The van der Waals surface area contributed by atoms with Crippen LogP contribution < -0.4 is 5.73 Å². The summed E-state index contributed by atoms with van der Waals surface area (Å²) in [6.07, 6.45) is 3.93. The van der Waals surface area contributed by atoms with Crippen LogP contribution in [0.2, 0.25) is 0 Å². The predicted octanol–water partition coefficient (Wildman–Crippen LogP) is 3.80. The molecule has 3 nitrogen and oxygen atoms in total. The third kappa shape index (κ3) is 1.92. The molecule has 1 heterocycles. The minimum Gasteiger partial charge on any atom is -0.366 e. The zero-order chi connectivity index (χ0) is 15.3. The van der Waals surface area contributed by atoms with Gasteiger partial charge in [0, 0.05) is 28.4 Å². The Morgan fingerprint density at radius 1 is 1.36 bits per heavy atom. The maximum absolute atomic E-state index is 11.8. The van der Waals surface area contributed by atoms with Gasteiger partial charge < -0.3 is 10.3 Å². The Morgan fingerprint density at radius 2 is 2.18 bits per heavy atom. The van der Waals surface area contributed by atoms with Crippen LogP contribution in [0.25, 0.3) is 21.8 Å². The molecule has 1 aliphatic carbocycles. The zero-order valence-corrected chi connectivity index (χ0v) is 12.7. The smallest absolute Gasteiger partial charge is 0.249 e. The Bertz CT molecular complexity index is 887. The van der Waals surface area contributed by atoms with E-state index in [1.165, 1.54) is 24.8 Å². The summed E-state index contributed by atoms with van der Waals surface area (Å²) < 4.78 is 2.35. The normalized spacial score (nSPS) is 15.3. The maximum Gasteiger partial charge on any atom is 0.249 e. The van der Waals surface area contributed by atoms with Gasteiger partial charge in [-0.15, -0.1) is 0 Å². The summed E-state index contributed by atoms with van der Waals surface area (Å²) in [4.78, 5) is 11.8. The molecule has 111 valence electrons. The molecule has 22 heavy (non-hydrogen) atoms. The van der Waals surface area contributed by atoms with Crippen LogP contribution in [0.1, 0.15) is 35.2 Å². The number of hydrogen-bond donors (Lipinski definition) is 1. The maximum atomic E-state index is 11.8. The quantitative estimate of drug-likeness (QED) is 0.784. The fraction of sp³-hybridized carbons (Fsp3) is 0.316. The Morgan fingerprint density at radius 3 is 2.86 bits per heavy atom. The van der Waals surface area contributed by atoms with Gasteiger partial charge in [-0.3, -0.25) is 4.79 Å². The molecular formula is C19H19N2O. The summed E-state index contributed by atoms with van der Waals surface area (Å²) in [5.41, 5.74) is 9.62. The fourth-order valence-electron chi connectivity index (χ4n) is 3.50. The molecule has 0 atom stereocenters. The van der Waals surface area contributed by atoms with Crippen LogP contribution in [0.3, 0.4) is 0 Å². The largest absolute Gasteiger partial charge is 0.366 e. The van der Waals surface area contributed by atoms with E-state index < -0.39 is 0 Å². The van der Waals surface area contributed by atoms with Gasteiger partial charge in [-0.1, -0.05) is 18.6 Å². The Hall–Kier alpha value is -2.29. The predicted molar refractivity (Wildman–Crippen MR) is 88.9 cm³/mol. The molecule has 1 radical (unpaired) electrons. The first-order chi connectivity index (χ1) is 10.6. The third-order valence-electron chi connectivity index (χ3n) is 4.87. The summed E-state index contributed by atoms with van der Waals surface area (Å²) in [6, 6.07) is 13.3. The van der Waals surface area contributed by atoms with Crippen molar-refractivity contribution in [3.05, 3.63) is 47.5 Å². The van der Waals surface area contributed by atoms with E-state index in [0.29, 0.717) is 5.56 Å². The monoisotopic (exact) mass is 291 g/mol. The van der Waals surface area contributed by atoms with Crippen LogP contribution in [-0.2, 0) is 6.54 Å². The van der Waals surface area contributed by atoms with Crippen molar-refractivity contribution in [2.24, 2.45) is 11.7 Å². The van der Waals surface area contributed by atoms with Crippen molar-refractivity contribution in [1.29, 1.82) is 0 Å². The van der Waals surface area contributed by atoms with E-state index in [2.05, 4.69) is 29.7 Å². The molecule has 1 saturated carbocycles. The number of rotatable bonds is 3. The lowest BCUT2D eigenvalue weighted by atomic mass is 9.85. The molecule has 1 fully saturated rings. The van der Waals surface area contributed by atoms with Crippen LogP contribution >= 0.6 is 0 Å². The van der Waals surface area contributed by atoms with Crippen molar-refractivity contribution in [2.45, 2.75) is 32.7 Å². The van der Waals surface area contributed by atoms with Crippen molar-refractivity contribution in [1.82, 2.24) is 4.57 Å². The molecule has 0 bridgehead atoms. The number of nitrogens with two attached hydrogens (primary N) is 1. The molecule has 4 rings (SSSR count). The molecule has 0 aliphatic heterocycles. The van der Waals surface area contributed by atoms with Crippen molar-refractivity contribution in [3.63, 3.8) is 0 Å². The summed E-state index contributed by atoms with van der Waals surface area (Å²) >= 11 is 0. The molecular weight excluding hydrogens is 272 g/mol. The molecule has 2 N–H and O–H groups in total. The zero-order valence-electron chi connectivity index (χ0n) is 12.7. The molecule has 2 aromatic carbocycles. The number of primary amides is 1. The Labute approximate surface area is 129 Å². The summed E-state index contributed by atoms with van der Waals surface area (Å²) in [5.74, 6) is 0.374. The van der Waals surface area contributed by atoms with Crippen LogP contribution in [0.4, 0.5) is 0 Å². The summed E-state index contributed by atoms with van der Waals surface area (Å²) in [6.45, 7) is 3.09. The van der Waals surface area contributed by atoms with Crippen molar-refractivity contribution in [3.8, 4) is 0 Å². The van der Waals surface area contributed by atoms with Gasteiger partial charge in [0.2, 0.25) is 5.91 Å². The molecule has 1 aliphatic rings. The van der Waals surface area contributed by atoms with Gasteiger partial charge in [-0.25, -0.2) is 0 Å². The second-order valence-corrected chi connectivity index (χ2v) is 6.41. The minimum atomic E-state index is -0.373. The first-order valence-corrected chi connectivity index (χ1v) is 7.88. The van der Waals surface area contributed by atoms with E-state index in [1.54, 1.807) is 0 Å². The average Bonchev–Trinajstić information content (AvgIpc) is 2.75. The van der Waals surface area contributed by atoms with E-state index in [0.717, 1.165) is 34.3 Å². The number of carbonyl (C=O) groups excluding carboxylic acids is 1. The minimum absolute atomic E-state index is 0.373. The summed E-state index contributed by atoms with van der Waals surface area (Å²) in [5, 5.41) is 1.96. The van der Waals surface area contributed by atoms with Gasteiger partial charge in [0.15, 0.2) is 0 Å². The lowest BCUT2D eigenvalue weighted by Crippen LogP contribution is -2.18. The van der Waals surface area contributed by atoms with Crippen molar-refractivity contribution < 1.29 is 4.79 Å². The van der Waals surface area contributed by atoms with Gasteiger partial charge in [-0.2, -0.15) is 0 Å². The molecule has 3 heteroatoms. The highest BCUT2D eigenvalue weighted by Gasteiger charge is 2.22. The molecule has 0 saturated heterocycles. The Kier molecular flexibility index (Phi) is 2.96. The molecule has 0 unspecified atom stereocenters. The lowest BCUT2D eigenvalue weighted by molar-refractivity contribution is 0.100. The number of nitrogens with zero attached hydrogens (tertiary/aromatic N) is 1. The van der Waals surface area contributed by atoms with E-state index in [9.17, 15) is 4.79 Å². The number of fused-ring (bicyclic) bond motifs is 3. The number of benzene rings is 2. The van der Waals surface area contributed by atoms with E-state index in [-0.39, 0.29) is 5.91 Å². The van der Waals surface area contributed by atoms with Gasteiger partial charge in [-0.05, 0) is 55.5 Å².